The fraction of sp³-hybridized carbons (Fsp3) is 0.966. The Morgan fingerprint density at radius 1 is 1.00 bits per heavy atom. The van der Waals surface area contributed by atoms with Crippen LogP contribution in [-0.2, 0) is 9.53 Å². The number of ether oxygens (including phenoxy) is 1. The number of esters is 1. The quantitative estimate of drug-likeness (QED) is 0.406. The van der Waals surface area contributed by atoms with E-state index in [1.165, 1.54) is 70.6 Å². The molecule has 0 radical (unpaired) electrons. The van der Waals surface area contributed by atoms with Gasteiger partial charge in [-0.15, -0.1) is 0 Å². The van der Waals surface area contributed by atoms with Gasteiger partial charge in [-0.05, 0) is 104 Å². The van der Waals surface area contributed by atoms with Crippen molar-refractivity contribution in [3.8, 4) is 0 Å². The first-order valence-electron chi connectivity index (χ1n) is 13.8. The highest BCUT2D eigenvalue weighted by molar-refractivity contribution is 5.66. The Morgan fingerprint density at radius 2 is 1.77 bits per heavy atom. The van der Waals surface area contributed by atoms with Gasteiger partial charge in [0.2, 0.25) is 0 Å². The van der Waals surface area contributed by atoms with Crippen molar-refractivity contribution >= 4 is 5.97 Å². The fourth-order valence-corrected chi connectivity index (χ4v) is 10.7. The largest absolute Gasteiger partial charge is 0.462 e. The molecule has 2 nitrogen and oxygen atoms in total. The number of hydrogen-bond acceptors (Lipinski definition) is 2. The molecule has 0 heterocycles. The van der Waals surface area contributed by atoms with Crippen molar-refractivity contribution in [3.05, 3.63) is 0 Å². The molecule has 31 heavy (non-hydrogen) atoms. The number of carbonyl (C=O) groups is 1. The Balaban J connectivity index is 1.37. The van der Waals surface area contributed by atoms with Crippen LogP contribution in [0, 0.1) is 57.7 Å². The summed E-state index contributed by atoms with van der Waals surface area (Å²) >= 11 is 0. The van der Waals surface area contributed by atoms with E-state index in [4.69, 9.17) is 4.74 Å². The monoisotopic (exact) mass is 428 g/mol. The average Bonchev–Trinajstić information content (AvgIpc) is 3.20. The Hall–Kier alpha value is -0.530. The van der Waals surface area contributed by atoms with E-state index in [2.05, 4.69) is 34.6 Å². The molecule has 5 aliphatic carbocycles. The van der Waals surface area contributed by atoms with Crippen molar-refractivity contribution in [3.63, 3.8) is 0 Å². The third-order valence-corrected chi connectivity index (χ3v) is 12.1. The molecule has 0 aromatic heterocycles. The second-order valence-corrected chi connectivity index (χ2v) is 13.6. The smallest absolute Gasteiger partial charge is 0.302 e. The fourth-order valence-electron chi connectivity index (χ4n) is 10.7. The van der Waals surface area contributed by atoms with Gasteiger partial charge in [0, 0.05) is 12.3 Å². The molecule has 176 valence electrons. The molecule has 2 heteroatoms. The maximum Gasteiger partial charge on any atom is 0.302 e. The SMILES string of the molecule is CC(=O)O[C@@H]1C[C@@H]2[C@@H]3CC[C@H]([C@H](C)CCCC(C)C)[C@]3(C)CC[C@@H]2[C@]2(C)CC[C@@H]3C[C@@]312. The van der Waals surface area contributed by atoms with Crippen LogP contribution in [0.2, 0.25) is 0 Å². The van der Waals surface area contributed by atoms with E-state index in [1.807, 2.05) is 0 Å². The van der Waals surface area contributed by atoms with Crippen molar-refractivity contribution in [2.24, 2.45) is 57.7 Å². The van der Waals surface area contributed by atoms with Gasteiger partial charge in [0.15, 0.2) is 0 Å². The first kappa shape index (κ1) is 22.3. The van der Waals surface area contributed by atoms with Crippen LogP contribution in [-0.4, -0.2) is 12.1 Å². The van der Waals surface area contributed by atoms with Crippen molar-refractivity contribution in [2.75, 3.05) is 0 Å². The zero-order valence-corrected chi connectivity index (χ0v) is 21.2. The minimum absolute atomic E-state index is 0.0423. The minimum Gasteiger partial charge on any atom is -0.462 e. The molecule has 5 fully saturated rings. The summed E-state index contributed by atoms with van der Waals surface area (Å²) in [5, 5.41) is 0. The molecule has 0 bridgehead atoms. The number of hydrogen-bond donors (Lipinski definition) is 0. The van der Waals surface area contributed by atoms with Crippen LogP contribution in [0.25, 0.3) is 0 Å². The van der Waals surface area contributed by atoms with Crippen LogP contribution < -0.4 is 0 Å². The molecule has 0 saturated heterocycles. The van der Waals surface area contributed by atoms with Gasteiger partial charge in [0.25, 0.3) is 0 Å². The third-order valence-electron chi connectivity index (χ3n) is 12.1. The average molecular weight is 429 g/mol. The van der Waals surface area contributed by atoms with Crippen molar-refractivity contribution < 1.29 is 9.53 Å². The zero-order chi connectivity index (χ0) is 22.2. The summed E-state index contributed by atoms with van der Waals surface area (Å²) in [7, 11) is 0. The number of rotatable bonds is 6. The first-order valence-corrected chi connectivity index (χ1v) is 13.8. The second kappa shape index (κ2) is 7.49. The van der Waals surface area contributed by atoms with Gasteiger partial charge in [-0.1, -0.05) is 53.9 Å². The normalized spacial score (nSPS) is 50.9. The Labute approximate surface area is 191 Å². The number of carbonyl (C=O) groups excluding carboxylic acids is 1. The van der Waals surface area contributed by atoms with Gasteiger partial charge < -0.3 is 4.74 Å². The van der Waals surface area contributed by atoms with E-state index in [-0.39, 0.29) is 12.1 Å². The summed E-state index contributed by atoms with van der Waals surface area (Å²) in [5.74, 6) is 5.91. The highest BCUT2D eigenvalue weighted by Gasteiger charge is 2.78. The van der Waals surface area contributed by atoms with Gasteiger partial charge in [-0.25, -0.2) is 0 Å². The standard InChI is InChI=1S/C29H48O2/c1-18(2)8-7-9-19(3)23-10-11-24-22-16-26(31-20(4)30)29-17-21(29)12-15-28(29,6)25(22)13-14-27(23,24)5/h18-19,21-26H,7-17H2,1-6H3/t19-,21-,22-,23-,24+,25+,26-,27+,28+,29-/m1/s1. The third kappa shape index (κ3) is 3.12. The van der Waals surface area contributed by atoms with Crippen molar-refractivity contribution in [1.29, 1.82) is 0 Å². The highest BCUT2D eigenvalue weighted by Crippen LogP contribution is 2.82. The lowest BCUT2D eigenvalue weighted by molar-refractivity contribution is -0.182. The topological polar surface area (TPSA) is 26.3 Å². The molecule has 0 N–H and O–H groups in total. The zero-order valence-electron chi connectivity index (χ0n) is 21.2. The predicted octanol–water partition coefficient (Wildman–Crippen LogP) is 7.65. The predicted molar refractivity (Wildman–Crippen MR) is 126 cm³/mol. The van der Waals surface area contributed by atoms with Gasteiger partial charge in [0.1, 0.15) is 6.10 Å². The van der Waals surface area contributed by atoms with Crippen LogP contribution >= 0.6 is 0 Å². The molecular weight excluding hydrogens is 380 g/mol. The summed E-state index contributed by atoms with van der Waals surface area (Å²) in [5.41, 5.74) is 1.28. The maximum absolute atomic E-state index is 12.1. The molecule has 0 unspecified atom stereocenters. The van der Waals surface area contributed by atoms with Crippen LogP contribution in [0.4, 0.5) is 0 Å². The summed E-state index contributed by atoms with van der Waals surface area (Å²) in [4.78, 5) is 12.1. The van der Waals surface area contributed by atoms with Crippen molar-refractivity contribution in [1.82, 2.24) is 0 Å². The van der Waals surface area contributed by atoms with Crippen LogP contribution in [0.3, 0.4) is 0 Å². The van der Waals surface area contributed by atoms with Crippen LogP contribution in [0.5, 0.6) is 0 Å². The highest BCUT2D eigenvalue weighted by atomic mass is 16.5. The molecule has 5 saturated carbocycles. The van der Waals surface area contributed by atoms with Gasteiger partial charge in [0.05, 0.1) is 0 Å². The Morgan fingerprint density at radius 3 is 2.45 bits per heavy atom. The van der Waals surface area contributed by atoms with Gasteiger partial charge >= 0.3 is 5.97 Å². The molecule has 5 aliphatic rings. The van der Waals surface area contributed by atoms with E-state index >= 15 is 0 Å². The minimum atomic E-state index is -0.0423. The Kier molecular flexibility index (Phi) is 5.38. The van der Waals surface area contributed by atoms with Crippen LogP contribution in [0.15, 0.2) is 0 Å². The molecule has 0 aliphatic heterocycles. The summed E-state index contributed by atoms with van der Waals surface area (Å²) in [6.45, 7) is 14.2. The van der Waals surface area contributed by atoms with E-state index in [1.54, 1.807) is 6.92 Å². The summed E-state index contributed by atoms with van der Waals surface area (Å²) < 4.78 is 6.16. The lowest BCUT2D eigenvalue weighted by atomic mass is 9.45. The number of fused-ring (bicyclic) bond motifs is 4. The summed E-state index contributed by atoms with van der Waals surface area (Å²) in [6, 6.07) is 0. The van der Waals surface area contributed by atoms with Crippen LogP contribution in [0.1, 0.15) is 112 Å². The van der Waals surface area contributed by atoms with E-state index in [9.17, 15) is 4.79 Å². The van der Waals surface area contributed by atoms with E-state index in [0.29, 0.717) is 16.2 Å². The molecule has 0 aromatic carbocycles. The molecular formula is C29H48O2. The molecule has 0 amide bonds. The van der Waals surface area contributed by atoms with Gasteiger partial charge in [-0.2, -0.15) is 0 Å². The second-order valence-electron chi connectivity index (χ2n) is 13.6. The lowest BCUT2D eigenvalue weighted by Crippen LogP contribution is -2.57. The molecule has 10 atom stereocenters. The van der Waals surface area contributed by atoms with Gasteiger partial charge in [-0.3, -0.25) is 4.79 Å². The Bertz CT molecular complexity index is 714. The molecule has 5 rings (SSSR count). The van der Waals surface area contributed by atoms with E-state index in [0.717, 1.165) is 41.4 Å². The molecule has 1 spiro atoms. The summed E-state index contributed by atoms with van der Waals surface area (Å²) in [6.07, 6.45) is 15.4. The van der Waals surface area contributed by atoms with Crippen molar-refractivity contribution in [2.45, 2.75) is 118 Å². The lowest BCUT2D eigenvalue weighted by Gasteiger charge is -2.60. The maximum atomic E-state index is 12.1. The first-order chi connectivity index (χ1) is 14.6. The van der Waals surface area contributed by atoms with E-state index < -0.39 is 0 Å². The molecule has 0 aromatic rings.